The van der Waals surface area contributed by atoms with E-state index in [4.69, 9.17) is 4.74 Å². The van der Waals surface area contributed by atoms with Crippen LogP contribution in [0.25, 0.3) is 0 Å². The topological polar surface area (TPSA) is 136 Å². The van der Waals surface area contributed by atoms with Crippen molar-refractivity contribution in [2.24, 2.45) is 11.8 Å². The van der Waals surface area contributed by atoms with Crippen LogP contribution in [0.4, 0.5) is 0 Å². The highest BCUT2D eigenvalue weighted by Crippen LogP contribution is 2.39. The van der Waals surface area contributed by atoms with E-state index in [2.05, 4.69) is 5.32 Å². The summed E-state index contributed by atoms with van der Waals surface area (Å²) in [6.07, 6.45) is 4.23. The molecule has 0 bridgehead atoms. The molecule has 10 nitrogen and oxygen atoms in total. The van der Waals surface area contributed by atoms with Gasteiger partial charge in [-0.3, -0.25) is 14.4 Å². The average molecular weight is 638 g/mol. The Bertz CT molecular complexity index is 1700. The summed E-state index contributed by atoms with van der Waals surface area (Å²) in [5, 5.41) is 23.1. The number of carbonyl (C=O) groups excluding carboxylic acids is 3. The smallest absolute Gasteiger partial charge is 0.331 e. The number of aliphatic hydroxyl groups excluding tert-OH is 1. The highest BCUT2D eigenvalue weighted by atomic mass is 16.5. The first kappa shape index (κ1) is 30.9. The van der Waals surface area contributed by atoms with Crippen LogP contribution in [-0.2, 0) is 32.0 Å². The van der Waals surface area contributed by atoms with Crippen LogP contribution in [0.2, 0.25) is 0 Å². The molecule has 2 saturated carbocycles. The van der Waals surface area contributed by atoms with Crippen molar-refractivity contribution in [2.45, 2.75) is 62.8 Å². The molecule has 10 heteroatoms. The van der Waals surface area contributed by atoms with Gasteiger partial charge in [0.15, 0.2) is 6.04 Å². The van der Waals surface area contributed by atoms with Crippen molar-refractivity contribution in [3.8, 4) is 5.75 Å². The van der Waals surface area contributed by atoms with Crippen molar-refractivity contribution in [1.29, 1.82) is 0 Å². The largest absolute Gasteiger partial charge is 0.491 e. The fourth-order valence-corrected chi connectivity index (χ4v) is 6.92. The van der Waals surface area contributed by atoms with Crippen LogP contribution in [-0.4, -0.2) is 69.4 Å². The Morgan fingerprint density at radius 3 is 1.77 bits per heavy atom. The minimum absolute atomic E-state index is 0.0125. The second-order valence-electron chi connectivity index (χ2n) is 13.3. The Morgan fingerprint density at radius 1 is 0.723 bits per heavy atom. The normalized spacial score (nSPS) is 24.5. The molecule has 2 unspecified atom stereocenters. The van der Waals surface area contributed by atoms with Crippen molar-refractivity contribution < 1.29 is 34.1 Å². The van der Waals surface area contributed by atoms with Gasteiger partial charge in [0.1, 0.15) is 24.5 Å². The number of amides is 3. The molecule has 3 N–H and O–H groups in total. The van der Waals surface area contributed by atoms with E-state index in [0.29, 0.717) is 49.1 Å². The van der Waals surface area contributed by atoms with Gasteiger partial charge in [-0.25, -0.2) is 4.79 Å². The minimum Gasteiger partial charge on any atom is -0.491 e. The second kappa shape index (κ2) is 12.8. The molecule has 3 heterocycles. The number of fused-ring (bicyclic) bond motifs is 3. The summed E-state index contributed by atoms with van der Waals surface area (Å²) in [6, 6.07) is 20.2. The van der Waals surface area contributed by atoms with E-state index in [-0.39, 0.29) is 24.3 Å². The number of aliphatic carboxylic acids is 1. The minimum atomic E-state index is -0.934. The number of ether oxygens (including phenoxy) is 1. The lowest BCUT2D eigenvalue weighted by Gasteiger charge is -2.38. The van der Waals surface area contributed by atoms with Gasteiger partial charge in [-0.2, -0.15) is 0 Å². The van der Waals surface area contributed by atoms with Gasteiger partial charge in [0.25, 0.3) is 0 Å². The van der Waals surface area contributed by atoms with Crippen LogP contribution in [0.15, 0.2) is 72.8 Å². The van der Waals surface area contributed by atoms with Gasteiger partial charge in [0.2, 0.25) is 17.7 Å². The zero-order chi connectivity index (χ0) is 32.7. The summed E-state index contributed by atoms with van der Waals surface area (Å²) in [7, 11) is 0. The van der Waals surface area contributed by atoms with Crippen molar-refractivity contribution in [3.05, 3.63) is 101 Å². The Morgan fingerprint density at radius 2 is 1.21 bits per heavy atom. The first-order chi connectivity index (χ1) is 22.8. The molecular formula is C37H39N3O7. The van der Waals surface area contributed by atoms with Crippen LogP contribution in [0.1, 0.15) is 71.7 Å². The van der Waals surface area contributed by atoms with Crippen LogP contribution in [0, 0.1) is 11.8 Å². The predicted molar refractivity (Wildman–Crippen MR) is 171 cm³/mol. The molecule has 47 heavy (non-hydrogen) atoms. The standard InChI is InChI=1S/C23H24N2O4.C14H15NO3/c26-20-11-15-5-1-2-6-16(15)21(25(20)12-14-9-10-14)23(28)24-18-13-29-19-8-4-3-7-17(19)22(18)27;16-12-7-10-3-1-2-4-11(10)13(14(17)18)15(12)8-9-5-6-9/h1-8,14,18,21-22,27H,9-13H2,(H,24,28);1-4,9,13H,5-8H2,(H,17,18)/t18?,21-,22?;13-/m00/s1. The van der Waals surface area contributed by atoms with E-state index in [9.17, 15) is 29.4 Å². The van der Waals surface area contributed by atoms with Crippen molar-refractivity contribution in [1.82, 2.24) is 15.1 Å². The van der Waals surface area contributed by atoms with Crippen LogP contribution in [0.5, 0.6) is 5.75 Å². The van der Waals surface area contributed by atoms with Gasteiger partial charge < -0.3 is 30.1 Å². The van der Waals surface area contributed by atoms with Gasteiger partial charge in [-0.1, -0.05) is 66.7 Å². The number of carboxylic acid groups (broad SMARTS) is 1. The molecule has 0 spiro atoms. The van der Waals surface area contributed by atoms with Gasteiger partial charge >= 0.3 is 5.97 Å². The Hall–Kier alpha value is -4.70. The molecule has 3 aromatic carbocycles. The van der Waals surface area contributed by atoms with Crippen molar-refractivity contribution in [3.63, 3.8) is 0 Å². The number of nitrogens with zero attached hydrogens (tertiary/aromatic N) is 2. The summed E-state index contributed by atoms with van der Waals surface area (Å²) < 4.78 is 5.73. The van der Waals surface area contributed by atoms with E-state index < -0.39 is 30.2 Å². The highest BCUT2D eigenvalue weighted by molar-refractivity contribution is 5.93. The van der Waals surface area contributed by atoms with Crippen molar-refractivity contribution in [2.75, 3.05) is 19.7 Å². The molecule has 0 aromatic heterocycles. The first-order valence-electron chi connectivity index (χ1n) is 16.5. The molecule has 2 aliphatic carbocycles. The molecule has 0 saturated heterocycles. The molecule has 8 rings (SSSR count). The monoisotopic (exact) mass is 637 g/mol. The lowest BCUT2D eigenvalue weighted by molar-refractivity contribution is -0.151. The van der Waals surface area contributed by atoms with Gasteiger partial charge in [-0.05, 0) is 65.8 Å². The number of hydrogen-bond donors (Lipinski definition) is 3. The lowest BCUT2D eigenvalue weighted by atomic mass is 9.90. The summed E-state index contributed by atoms with van der Waals surface area (Å²) in [6.45, 7) is 1.39. The summed E-state index contributed by atoms with van der Waals surface area (Å²) in [5.41, 5.74) is 4.05. The Labute approximate surface area is 273 Å². The van der Waals surface area contributed by atoms with Gasteiger partial charge in [0, 0.05) is 18.7 Å². The molecule has 3 amide bonds. The molecule has 2 fully saturated rings. The average Bonchev–Trinajstić information content (AvgIpc) is 4.01. The molecule has 4 atom stereocenters. The van der Waals surface area contributed by atoms with E-state index >= 15 is 0 Å². The zero-order valence-corrected chi connectivity index (χ0v) is 26.1. The number of para-hydroxylation sites is 1. The third-order valence-electron chi connectivity index (χ3n) is 9.80. The lowest BCUT2D eigenvalue weighted by Crippen LogP contribution is -2.53. The van der Waals surface area contributed by atoms with E-state index in [0.717, 1.165) is 47.9 Å². The molecule has 0 radical (unpaired) electrons. The predicted octanol–water partition coefficient (Wildman–Crippen LogP) is 3.74. The fraction of sp³-hybridized carbons (Fsp3) is 0.405. The fourth-order valence-electron chi connectivity index (χ4n) is 6.92. The first-order valence-corrected chi connectivity index (χ1v) is 16.5. The number of benzene rings is 3. The SMILES string of the molecule is O=C(NC1COc2ccccc2C1O)[C@@H]1c2ccccc2CC(=O)N1CC1CC1.O=C(O)[C@@H]1c2ccccc2CC(=O)N1CC1CC1. The third kappa shape index (κ3) is 6.47. The zero-order valence-electron chi connectivity index (χ0n) is 26.1. The number of carboxylic acids is 1. The van der Waals surface area contributed by atoms with E-state index in [1.165, 1.54) is 0 Å². The number of hydrogen-bond acceptors (Lipinski definition) is 6. The summed E-state index contributed by atoms with van der Waals surface area (Å²) in [5.74, 6) is 0.346. The van der Waals surface area contributed by atoms with Gasteiger partial charge in [0.05, 0.1) is 18.9 Å². The van der Waals surface area contributed by atoms with Crippen LogP contribution < -0.4 is 10.1 Å². The second-order valence-corrected chi connectivity index (χ2v) is 13.3. The Balaban J connectivity index is 0.000000167. The maximum atomic E-state index is 13.4. The maximum absolute atomic E-state index is 13.4. The Kier molecular flexibility index (Phi) is 8.44. The molecule has 3 aromatic rings. The van der Waals surface area contributed by atoms with E-state index in [1.807, 2.05) is 66.7 Å². The van der Waals surface area contributed by atoms with Crippen LogP contribution in [0.3, 0.4) is 0 Å². The molecule has 244 valence electrons. The number of rotatable bonds is 7. The van der Waals surface area contributed by atoms with Crippen LogP contribution >= 0.6 is 0 Å². The molecule has 3 aliphatic heterocycles. The molecular weight excluding hydrogens is 598 g/mol. The summed E-state index contributed by atoms with van der Waals surface area (Å²) >= 11 is 0. The number of nitrogens with one attached hydrogen (secondary N) is 1. The van der Waals surface area contributed by atoms with Gasteiger partial charge in [-0.15, -0.1) is 0 Å². The van der Waals surface area contributed by atoms with Crippen molar-refractivity contribution >= 4 is 23.7 Å². The molecule has 5 aliphatic rings. The quantitative estimate of drug-likeness (QED) is 0.359. The third-order valence-corrected chi connectivity index (χ3v) is 9.80. The maximum Gasteiger partial charge on any atom is 0.331 e. The number of aliphatic hydroxyl groups is 1. The number of carbonyl (C=O) groups is 4. The van der Waals surface area contributed by atoms with E-state index in [1.54, 1.807) is 15.9 Å². The summed E-state index contributed by atoms with van der Waals surface area (Å²) in [4.78, 5) is 53.0. The highest BCUT2D eigenvalue weighted by Gasteiger charge is 2.42.